The topological polar surface area (TPSA) is 32.8 Å². The Morgan fingerprint density at radius 2 is 0.952 bits per heavy atom. The molecule has 9 aromatic carbocycles. The number of fused-ring (bicyclic) bond motifs is 10. The van der Waals surface area contributed by atoms with E-state index in [1.54, 1.807) is 0 Å². The Bertz CT molecular complexity index is 3500. The van der Waals surface area contributed by atoms with Crippen LogP contribution in [-0.4, -0.2) is 6.04 Å². The second kappa shape index (κ2) is 13.7. The van der Waals surface area contributed by atoms with E-state index in [1.807, 2.05) is 24.3 Å². The van der Waals surface area contributed by atoms with Crippen molar-refractivity contribution in [2.45, 2.75) is 12.0 Å². The summed E-state index contributed by atoms with van der Waals surface area (Å²) in [6, 6.07) is 69.9. The first-order valence-corrected chi connectivity index (χ1v) is 21.3. The Kier molecular flexibility index (Phi) is 7.70. The highest BCUT2D eigenvalue weighted by atomic mass is 16.3. The second-order valence-corrected chi connectivity index (χ2v) is 16.5. The molecule has 4 nitrogen and oxygen atoms in total. The summed E-state index contributed by atoms with van der Waals surface area (Å²) in [6.45, 7) is 0. The van der Waals surface area contributed by atoms with Gasteiger partial charge in [-0.1, -0.05) is 140 Å². The van der Waals surface area contributed by atoms with Crippen molar-refractivity contribution in [2.75, 3.05) is 9.80 Å². The van der Waals surface area contributed by atoms with Crippen molar-refractivity contribution in [1.29, 1.82) is 0 Å². The number of para-hydroxylation sites is 2. The smallest absolute Gasteiger partial charge is 0.137 e. The Labute approximate surface area is 358 Å². The van der Waals surface area contributed by atoms with E-state index < -0.39 is 0 Å². The summed E-state index contributed by atoms with van der Waals surface area (Å²) in [5.41, 5.74) is 15.0. The van der Waals surface area contributed by atoms with E-state index in [1.165, 1.54) is 44.4 Å². The third-order valence-electron chi connectivity index (χ3n) is 13.0. The first kappa shape index (κ1) is 34.8. The predicted molar refractivity (Wildman–Crippen MR) is 257 cm³/mol. The molecule has 2 aromatic heterocycles. The predicted octanol–water partition coefficient (Wildman–Crippen LogP) is 16.2. The molecule has 62 heavy (non-hydrogen) atoms. The molecule has 0 amide bonds. The van der Waals surface area contributed by atoms with Gasteiger partial charge >= 0.3 is 0 Å². The lowest BCUT2D eigenvalue weighted by Crippen LogP contribution is -2.29. The first-order valence-electron chi connectivity index (χ1n) is 21.3. The van der Waals surface area contributed by atoms with Gasteiger partial charge in [0.1, 0.15) is 22.3 Å². The Hall–Kier alpha value is -8.08. The normalized spacial score (nSPS) is 15.6. The fraction of sp³-hybridized carbons (Fsp3) is 0.0345. The molecule has 0 N–H and O–H groups in total. The molecule has 0 radical (unpaired) electrons. The van der Waals surface area contributed by atoms with Gasteiger partial charge in [0.25, 0.3) is 0 Å². The molecule has 292 valence electrons. The van der Waals surface area contributed by atoms with E-state index >= 15 is 0 Å². The van der Waals surface area contributed by atoms with Crippen LogP contribution in [0.1, 0.15) is 11.5 Å². The van der Waals surface area contributed by atoms with Crippen LogP contribution in [0.4, 0.5) is 28.4 Å². The lowest BCUT2D eigenvalue weighted by atomic mass is 9.90. The van der Waals surface area contributed by atoms with Gasteiger partial charge in [-0.15, -0.1) is 0 Å². The molecule has 2 aliphatic rings. The van der Waals surface area contributed by atoms with E-state index in [4.69, 9.17) is 8.83 Å². The maximum Gasteiger partial charge on any atom is 0.137 e. The van der Waals surface area contributed by atoms with Crippen molar-refractivity contribution in [2.24, 2.45) is 0 Å². The molecule has 0 fully saturated rings. The zero-order valence-corrected chi connectivity index (χ0v) is 33.7. The molecule has 2 unspecified atom stereocenters. The van der Waals surface area contributed by atoms with Gasteiger partial charge in [-0.25, -0.2) is 0 Å². The second-order valence-electron chi connectivity index (χ2n) is 16.5. The highest BCUT2D eigenvalue weighted by molar-refractivity contribution is 6.08. The molecule has 13 rings (SSSR count). The Morgan fingerprint density at radius 1 is 0.387 bits per heavy atom. The molecule has 2 atom stereocenters. The quantitative estimate of drug-likeness (QED) is 0.168. The molecule has 4 heteroatoms. The van der Waals surface area contributed by atoms with Crippen LogP contribution in [0.15, 0.2) is 227 Å². The highest BCUT2D eigenvalue weighted by Crippen LogP contribution is 2.52. The summed E-state index contributed by atoms with van der Waals surface area (Å²) >= 11 is 0. The maximum absolute atomic E-state index is 6.43. The number of benzene rings is 9. The van der Waals surface area contributed by atoms with Crippen LogP contribution in [0.3, 0.4) is 0 Å². The van der Waals surface area contributed by atoms with Crippen LogP contribution in [0.5, 0.6) is 0 Å². The molecule has 1 aliphatic heterocycles. The van der Waals surface area contributed by atoms with Gasteiger partial charge in [-0.3, -0.25) is 0 Å². The summed E-state index contributed by atoms with van der Waals surface area (Å²) < 4.78 is 12.9. The van der Waals surface area contributed by atoms with Gasteiger partial charge in [0.15, 0.2) is 0 Å². The highest BCUT2D eigenvalue weighted by Gasteiger charge is 2.38. The lowest BCUT2D eigenvalue weighted by Gasteiger charge is -2.31. The van der Waals surface area contributed by atoms with E-state index in [-0.39, 0.29) is 12.0 Å². The number of rotatable bonds is 6. The molecular formula is C58H38N2O2. The zero-order valence-electron chi connectivity index (χ0n) is 33.7. The van der Waals surface area contributed by atoms with Gasteiger partial charge < -0.3 is 18.6 Å². The number of hydrogen-bond donors (Lipinski definition) is 0. The third-order valence-corrected chi connectivity index (χ3v) is 13.0. The number of nitrogens with zero attached hydrogens (tertiary/aromatic N) is 2. The van der Waals surface area contributed by atoms with Crippen molar-refractivity contribution < 1.29 is 8.83 Å². The average Bonchev–Trinajstić information content (AvgIpc) is 4.00. The van der Waals surface area contributed by atoms with Crippen LogP contribution in [-0.2, 0) is 0 Å². The van der Waals surface area contributed by atoms with Gasteiger partial charge in [0.05, 0.1) is 11.7 Å². The number of furan rings is 2. The summed E-state index contributed by atoms with van der Waals surface area (Å²) in [5, 5.41) is 6.94. The minimum Gasteiger partial charge on any atom is -0.456 e. The molecule has 0 bridgehead atoms. The Balaban J connectivity index is 0.972. The SMILES string of the molecule is C1=CC2c3cc4ccccc4cc3N(c3cc(-c4ccccc4)ccc3-c3ccc(N(c4ccc5c(c4)oc4ccccc45)c4ccc5c(c4)oc4ccccc45)cc3)C2C=C1. The Morgan fingerprint density at radius 3 is 1.65 bits per heavy atom. The summed E-state index contributed by atoms with van der Waals surface area (Å²) in [6.07, 6.45) is 9.14. The summed E-state index contributed by atoms with van der Waals surface area (Å²) in [4.78, 5) is 4.88. The van der Waals surface area contributed by atoms with Crippen LogP contribution >= 0.6 is 0 Å². The first-order chi connectivity index (χ1) is 30.7. The molecule has 1 aliphatic carbocycles. The number of allylic oxidation sites excluding steroid dienone is 2. The number of anilines is 5. The van der Waals surface area contributed by atoms with Crippen molar-refractivity contribution in [1.82, 2.24) is 0 Å². The van der Waals surface area contributed by atoms with E-state index in [0.29, 0.717) is 0 Å². The summed E-state index contributed by atoms with van der Waals surface area (Å²) in [7, 11) is 0. The molecule has 0 spiro atoms. The molecular weight excluding hydrogens is 757 g/mol. The van der Waals surface area contributed by atoms with Crippen LogP contribution in [0.2, 0.25) is 0 Å². The van der Waals surface area contributed by atoms with Crippen molar-refractivity contribution in [3.63, 3.8) is 0 Å². The van der Waals surface area contributed by atoms with Crippen molar-refractivity contribution >= 4 is 83.1 Å². The maximum atomic E-state index is 6.43. The average molecular weight is 795 g/mol. The monoisotopic (exact) mass is 794 g/mol. The van der Waals surface area contributed by atoms with Crippen LogP contribution in [0.25, 0.3) is 76.9 Å². The van der Waals surface area contributed by atoms with Crippen molar-refractivity contribution in [3.05, 3.63) is 224 Å². The van der Waals surface area contributed by atoms with Gasteiger partial charge in [0.2, 0.25) is 0 Å². The van der Waals surface area contributed by atoms with Gasteiger partial charge in [-0.2, -0.15) is 0 Å². The minimum atomic E-state index is 0.146. The molecule has 11 aromatic rings. The van der Waals surface area contributed by atoms with E-state index in [9.17, 15) is 0 Å². The van der Waals surface area contributed by atoms with Crippen molar-refractivity contribution in [3.8, 4) is 22.3 Å². The fourth-order valence-corrected chi connectivity index (χ4v) is 10.0. The van der Waals surface area contributed by atoms with E-state index in [0.717, 1.165) is 66.5 Å². The molecule has 0 saturated heterocycles. The number of hydrogen-bond acceptors (Lipinski definition) is 4. The lowest BCUT2D eigenvalue weighted by molar-refractivity contribution is 0.669. The molecule has 0 saturated carbocycles. The zero-order chi connectivity index (χ0) is 40.7. The van der Waals surface area contributed by atoms with E-state index in [2.05, 4.69) is 204 Å². The van der Waals surface area contributed by atoms with Crippen LogP contribution in [0, 0.1) is 0 Å². The molecule has 3 heterocycles. The van der Waals surface area contributed by atoms with Gasteiger partial charge in [-0.05, 0) is 99.8 Å². The standard InChI is InChI=1S/C58H38N2O2/c1-2-12-37(13-3-1)41-24-29-45(53(34-41)60-52-19-9-6-16-46(52)51-32-39-14-4-5-15-40(39)33-54(51)60)38-22-25-42(26-23-38)59(43-27-30-49-47-17-7-10-20-55(47)61-57(49)35-43)44-28-31-50-48-18-8-11-21-56(48)62-58(50)36-44/h1-36,46,52H. The minimum absolute atomic E-state index is 0.146. The van der Waals surface area contributed by atoms with Crippen LogP contribution < -0.4 is 9.80 Å². The third kappa shape index (κ3) is 5.47. The summed E-state index contributed by atoms with van der Waals surface area (Å²) in [5.74, 6) is 0.247. The largest absolute Gasteiger partial charge is 0.456 e. The fourth-order valence-electron chi connectivity index (χ4n) is 10.0. The van der Waals surface area contributed by atoms with Gasteiger partial charge in [0, 0.05) is 67.9 Å².